The lowest BCUT2D eigenvalue weighted by molar-refractivity contribution is 0.601. The van der Waals surface area contributed by atoms with Gasteiger partial charge in [0, 0.05) is 11.6 Å². The molecular weight excluding hydrogens is 339 g/mol. The Kier molecular flexibility index (Phi) is 3.95. The van der Waals surface area contributed by atoms with Gasteiger partial charge in [-0.05, 0) is 36.8 Å². The van der Waals surface area contributed by atoms with Crippen LogP contribution in [0.25, 0.3) is 10.9 Å². The first-order valence-corrected chi connectivity index (χ1v) is 8.57. The highest BCUT2D eigenvalue weighted by molar-refractivity contribution is 7.93. The number of fused-ring (bicyclic) bond motifs is 1. The highest BCUT2D eigenvalue weighted by Gasteiger charge is 2.20. The molecule has 3 aromatic rings. The van der Waals surface area contributed by atoms with Crippen molar-refractivity contribution in [2.45, 2.75) is 11.8 Å². The van der Waals surface area contributed by atoms with Gasteiger partial charge in [-0.1, -0.05) is 29.8 Å². The summed E-state index contributed by atoms with van der Waals surface area (Å²) in [5.74, 6) is -0.496. The fourth-order valence-corrected chi connectivity index (χ4v) is 3.73. The number of anilines is 1. The maximum atomic E-state index is 13.5. The van der Waals surface area contributed by atoms with Gasteiger partial charge in [-0.3, -0.25) is 9.71 Å². The van der Waals surface area contributed by atoms with E-state index < -0.39 is 15.8 Å². The molecule has 1 N–H and O–H groups in total. The summed E-state index contributed by atoms with van der Waals surface area (Å²) in [6.07, 6.45) is 1.52. The Morgan fingerprint density at radius 2 is 1.91 bits per heavy atom. The Morgan fingerprint density at radius 1 is 1.17 bits per heavy atom. The van der Waals surface area contributed by atoms with Crippen LogP contribution in [0.3, 0.4) is 0 Å². The molecular formula is C16H12ClFN2O2S. The monoisotopic (exact) mass is 350 g/mol. The van der Waals surface area contributed by atoms with Crippen molar-refractivity contribution in [3.8, 4) is 0 Å². The maximum absolute atomic E-state index is 13.5. The quantitative estimate of drug-likeness (QED) is 0.772. The number of pyridine rings is 1. The van der Waals surface area contributed by atoms with E-state index in [9.17, 15) is 12.8 Å². The van der Waals surface area contributed by atoms with Gasteiger partial charge in [0.25, 0.3) is 10.0 Å². The van der Waals surface area contributed by atoms with Gasteiger partial charge in [-0.25, -0.2) is 12.8 Å². The van der Waals surface area contributed by atoms with Crippen LogP contribution in [0.15, 0.2) is 53.6 Å². The molecule has 2 aromatic carbocycles. The molecule has 0 spiro atoms. The first kappa shape index (κ1) is 15.7. The van der Waals surface area contributed by atoms with Crippen LogP contribution in [-0.2, 0) is 10.0 Å². The van der Waals surface area contributed by atoms with Crippen LogP contribution >= 0.6 is 11.6 Å². The molecule has 0 aliphatic carbocycles. The second-order valence-electron chi connectivity index (χ2n) is 5.02. The van der Waals surface area contributed by atoms with Crippen LogP contribution in [0.4, 0.5) is 10.1 Å². The number of para-hydroxylation sites is 1. The minimum atomic E-state index is -3.91. The van der Waals surface area contributed by atoms with E-state index in [0.717, 1.165) is 6.07 Å². The van der Waals surface area contributed by atoms with Crippen molar-refractivity contribution in [3.63, 3.8) is 0 Å². The highest BCUT2D eigenvalue weighted by Crippen LogP contribution is 2.29. The minimum Gasteiger partial charge on any atom is -0.278 e. The lowest BCUT2D eigenvalue weighted by atomic mass is 10.2. The van der Waals surface area contributed by atoms with Gasteiger partial charge < -0.3 is 0 Å². The van der Waals surface area contributed by atoms with E-state index in [-0.39, 0.29) is 15.6 Å². The summed E-state index contributed by atoms with van der Waals surface area (Å²) in [6.45, 7) is 1.53. The van der Waals surface area contributed by atoms with Crippen LogP contribution in [0.5, 0.6) is 0 Å². The number of hydrogen-bond acceptors (Lipinski definition) is 3. The molecule has 4 nitrogen and oxygen atoms in total. The van der Waals surface area contributed by atoms with Gasteiger partial charge in [-0.15, -0.1) is 0 Å². The molecule has 0 unspecified atom stereocenters. The summed E-state index contributed by atoms with van der Waals surface area (Å²) in [4.78, 5) is 4.17. The zero-order valence-electron chi connectivity index (χ0n) is 12.0. The predicted molar refractivity (Wildman–Crippen MR) is 88.7 cm³/mol. The van der Waals surface area contributed by atoms with E-state index in [2.05, 4.69) is 9.71 Å². The van der Waals surface area contributed by atoms with E-state index >= 15 is 0 Å². The minimum absolute atomic E-state index is 0.00938. The normalized spacial score (nSPS) is 11.6. The maximum Gasteiger partial charge on any atom is 0.264 e. The molecule has 0 aliphatic rings. The van der Waals surface area contributed by atoms with Crippen molar-refractivity contribution < 1.29 is 12.8 Å². The lowest BCUT2D eigenvalue weighted by Gasteiger charge is -2.12. The Morgan fingerprint density at radius 3 is 2.70 bits per heavy atom. The molecule has 23 heavy (non-hydrogen) atoms. The molecule has 3 rings (SSSR count). The van der Waals surface area contributed by atoms with Gasteiger partial charge in [-0.2, -0.15) is 0 Å². The summed E-state index contributed by atoms with van der Waals surface area (Å²) < 4.78 is 41.2. The van der Waals surface area contributed by atoms with Crippen molar-refractivity contribution in [1.29, 1.82) is 0 Å². The summed E-state index contributed by atoms with van der Waals surface area (Å²) in [7, 11) is -3.91. The largest absolute Gasteiger partial charge is 0.278 e. The van der Waals surface area contributed by atoms with Gasteiger partial charge in [0.05, 0.1) is 16.2 Å². The lowest BCUT2D eigenvalue weighted by Crippen LogP contribution is -2.14. The fourth-order valence-electron chi connectivity index (χ4n) is 2.23. The van der Waals surface area contributed by atoms with Gasteiger partial charge >= 0.3 is 0 Å². The van der Waals surface area contributed by atoms with E-state index in [0.29, 0.717) is 16.5 Å². The molecule has 0 fully saturated rings. The molecule has 0 saturated carbocycles. The van der Waals surface area contributed by atoms with E-state index in [1.54, 1.807) is 24.3 Å². The average molecular weight is 351 g/mol. The first-order valence-electron chi connectivity index (χ1n) is 6.71. The van der Waals surface area contributed by atoms with E-state index in [1.807, 2.05) is 0 Å². The molecule has 1 aromatic heterocycles. The Hall–Kier alpha value is -2.18. The summed E-state index contributed by atoms with van der Waals surface area (Å²) >= 11 is 5.93. The number of hydrogen-bond donors (Lipinski definition) is 1. The van der Waals surface area contributed by atoms with E-state index in [1.165, 1.54) is 25.3 Å². The second kappa shape index (κ2) is 5.79. The standard InChI is InChI=1S/C16H12ClFN2O2S/c1-10-8-14(12(17)9-13(10)18)20-23(21,22)15-6-2-4-11-5-3-7-19-16(11)15/h2-9,20H,1H3. The molecule has 0 atom stereocenters. The van der Waals surface area contributed by atoms with Crippen LogP contribution in [0, 0.1) is 12.7 Å². The predicted octanol–water partition coefficient (Wildman–Crippen LogP) is 4.14. The molecule has 118 valence electrons. The SMILES string of the molecule is Cc1cc(NS(=O)(=O)c2cccc3cccnc23)c(Cl)cc1F. The van der Waals surface area contributed by atoms with Crippen LogP contribution in [-0.4, -0.2) is 13.4 Å². The number of rotatable bonds is 3. The van der Waals surface area contributed by atoms with Gasteiger partial charge in [0.15, 0.2) is 0 Å². The molecule has 0 amide bonds. The van der Waals surface area contributed by atoms with Crippen LogP contribution in [0.1, 0.15) is 5.56 Å². The topological polar surface area (TPSA) is 59.1 Å². The van der Waals surface area contributed by atoms with Crippen LogP contribution < -0.4 is 4.72 Å². The highest BCUT2D eigenvalue weighted by atomic mass is 35.5. The Labute approximate surface area is 138 Å². The molecule has 0 bridgehead atoms. The zero-order valence-corrected chi connectivity index (χ0v) is 13.6. The molecule has 1 heterocycles. The first-order chi connectivity index (χ1) is 10.9. The number of halogens is 2. The summed E-state index contributed by atoms with van der Waals surface area (Å²) in [6, 6.07) is 10.8. The Balaban J connectivity index is 2.10. The zero-order chi connectivity index (χ0) is 16.6. The van der Waals surface area contributed by atoms with Crippen molar-refractivity contribution >= 4 is 38.2 Å². The average Bonchev–Trinajstić information content (AvgIpc) is 2.52. The summed E-state index contributed by atoms with van der Waals surface area (Å²) in [5, 5.41) is 0.696. The van der Waals surface area contributed by atoms with Gasteiger partial charge in [0.2, 0.25) is 0 Å². The molecule has 0 saturated heterocycles. The van der Waals surface area contributed by atoms with Crippen molar-refractivity contribution in [3.05, 3.63) is 65.1 Å². The van der Waals surface area contributed by atoms with Gasteiger partial charge in [0.1, 0.15) is 10.7 Å². The van der Waals surface area contributed by atoms with Crippen LogP contribution in [0.2, 0.25) is 5.02 Å². The molecule has 0 aliphatic heterocycles. The summed E-state index contributed by atoms with van der Waals surface area (Å²) in [5.41, 5.74) is 0.777. The number of nitrogens with zero attached hydrogens (tertiary/aromatic N) is 1. The van der Waals surface area contributed by atoms with Crippen molar-refractivity contribution in [2.24, 2.45) is 0 Å². The van der Waals surface area contributed by atoms with Crippen molar-refractivity contribution in [1.82, 2.24) is 4.98 Å². The third kappa shape index (κ3) is 3.00. The number of benzene rings is 2. The molecule has 7 heteroatoms. The number of sulfonamides is 1. The fraction of sp³-hybridized carbons (Fsp3) is 0.0625. The number of aryl methyl sites for hydroxylation is 1. The number of nitrogens with one attached hydrogen (secondary N) is 1. The third-order valence-corrected chi connectivity index (χ3v) is 5.09. The smallest absolute Gasteiger partial charge is 0.264 e. The molecule has 0 radical (unpaired) electrons. The van der Waals surface area contributed by atoms with E-state index in [4.69, 9.17) is 11.6 Å². The number of aromatic nitrogens is 1. The second-order valence-corrected chi connectivity index (χ2v) is 7.08. The third-order valence-electron chi connectivity index (χ3n) is 3.38. The Bertz CT molecular complexity index is 1000. The van der Waals surface area contributed by atoms with Crippen molar-refractivity contribution in [2.75, 3.05) is 4.72 Å².